The standard InChI is InChI=1S/C32H12BF24.C16H18NO/c34-25(35,36)13-1-14(26(37,38)39)6-21(5-13)33(22-7-15(27(40,41)42)2-16(8-22)28(43,44)45,23-9-17(29(46,47)48)3-18(10-23)30(49,50)51)24-11-19(31(52,53)54)4-20(12-24)32(55,56)57;1-13(2)14-8-10-17(11-9-14)12-16(18)15-6-4-3-5-7-15/h1-12H;3-11,13H,12H2,1-2H3/q-1;+1. The second kappa shape index (κ2) is 20.4. The average molecular weight is 1100 g/mol. The van der Waals surface area contributed by atoms with E-state index >= 15 is 0 Å². The first-order chi connectivity index (χ1) is 33.9. The van der Waals surface area contributed by atoms with E-state index in [1.165, 1.54) is 5.56 Å². The molecule has 0 spiro atoms. The van der Waals surface area contributed by atoms with E-state index in [0.29, 0.717) is 12.5 Å². The molecule has 0 aliphatic heterocycles. The van der Waals surface area contributed by atoms with Crippen molar-refractivity contribution < 1.29 is 115 Å². The Hall–Kier alpha value is -6.70. The smallest absolute Gasteiger partial charge is 0.287 e. The number of benzene rings is 5. The van der Waals surface area contributed by atoms with Gasteiger partial charge in [-0.1, -0.05) is 92.7 Å². The molecule has 0 radical (unpaired) electrons. The molecule has 27 heteroatoms. The highest BCUT2D eigenvalue weighted by atomic mass is 19.4. The summed E-state index contributed by atoms with van der Waals surface area (Å²) in [6.45, 7) is 4.71. The summed E-state index contributed by atoms with van der Waals surface area (Å²) in [5, 5.41) is 0. The molecule has 0 unspecified atom stereocenters. The Morgan fingerprint density at radius 3 is 0.800 bits per heavy atom. The van der Waals surface area contributed by atoms with Gasteiger partial charge in [0.05, 0.1) is 44.5 Å². The third-order valence-electron chi connectivity index (χ3n) is 11.4. The van der Waals surface area contributed by atoms with Gasteiger partial charge in [0.25, 0.3) is 0 Å². The summed E-state index contributed by atoms with van der Waals surface area (Å²) in [6.07, 6.45) is -50.9. The minimum Gasteiger partial charge on any atom is -0.287 e. The van der Waals surface area contributed by atoms with Crippen LogP contribution in [0.3, 0.4) is 0 Å². The van der Waals surface area contributed by atoms with Crippen molar-refractivity contribution in [3.63, 3.8) is 0 Å². The molecular formula is C48H30BF24NO. The number of hydrogen-bond acceptors (Lipinski definition) is 1. The first-order valence-electron chi connectivity index (χ1n) is 20.9. The molecular weight excluding hydrogens is 1070 g/mol. The number of halogens is 24. The second-order valence-corrected chi connectivity index (χ2v) is 17.0. The van der Waals surface area contributed by atoms with E-state index in [4.69, 9.17) is 0 Å². The monoisotopic (exact) mass is 1100 g/mol. The van der Waals surface area contributed by atoms with E-state index in [2.05, 4.69) is 26.0 Å². The third kappa shape index (κ3) is 14.0. The normalized spacial score (nSPS) is 13.4. The quantitative estimate of drug-likeness (QED) is 0.0644. The van der Waals surface area contributed by atoms with Crippen molar-refractivity contribution >= 4 is 33.8 Å². The SMILES string of the molecule is CC(C)c1cc[n+](CC(=O)c2ccccc2)cc1.FC(F)(F)c1cc([B-](c2cc(C(F)(F)F)cc(C(F)(F)F)c2)(c2cc(C(F)(F)F)cc(C(F)(F)F)c2)c2cc(C(F)(F)F)cc(C(F)(F)F)c2)cc(C(F)(F)F)c1. The topological polar surface area (TPSA) is 20.9 Å². The summed E-state index contributed by atoms with van der Waals surface area (Å²) in [6, 6.07) is 4.73. The number of hydrogen-bond donors (Lipinski definition) is 0. The maximum atomic E-state index is 14.2. The Morgan fingerprint density at radius 2 is 0.600 bits per heavy atom. The number of Topliss-reactive ketones (excluding diaryl/α,β-unsaturated/α-hetero) is 1. The zero-order chi connectivity index (χ0) is 56.9. The summed E-state index contributed by atoms with van der Waals surface area (Å²) < 4.78 is 343. The van der Waals surface area contributed by atoms with Crippen LogP contribution in [-0.4, -0.2) is 11.9 Å². The van der Waals surface area contributed by atoms with Gasteiger partial charge < -0.3 is 0 Å². The second-order valence-electron chi connectivity index (χ2n) is 17.0. The first-order valence-corrected chi connectivity index (χ1v) is 20.9. The van der Waals surface area contributed by atoms with Gasteiger partial charge in [-0.15, -0.1) is 0 Å². The van der Waals surface area contributed by atoms with E-state index in [1.807, 2.05) is 47.3 Å². The molecule has 404 valence electrons. The summed E-state index contributed by atoms with van der Waals surface area (Å²) in [5.74, 6) is 0.655. The molecule has 0 fully saturated rings. The molecule has 0 atom stereocenters. The van der Waals surface area contributed by atoms with Gasteiger partial charge in [0.1, 0.15) is 6.15 Å². The number of carbonyl (C=O) groups is 1. The van der Waals surface area contributed by atoms with Crippen LogP contribution in [0.1, 0.15) is 80.2 Å². The first kappa shape index (κ1) is 59.2. The van der Waals surface area contributed by atoms with Gasteiger partial charge >= 0.3 is 49.4 Å². The Balaban J connectivity index is 0.000000483. The van der Waals surface area contributed by atoms with E-state index in [-0.39, 0.29) is 5.78 Å². The van der Waals surface area contributed by atoms with Crippen LogP contribution in [0.25, 0.3) is 0 Å². The summed E-state index contributed by atoms with van der Waals surface area (Å²) in [5.41, 5.74) is -28.2. The maximum absolute atomic E-state index is 14.2. The van der Waals surface area contributed by atoms with Crippen molar-refractivity contribution in [3.8, 4) is 0 Å². The lowest BCUT2D eigenvalue weighted by Crippen LogP contribution is -2.75. The van der Waals surface area contributed by atoms with Crippen molar-refractivity contribution in [2.75, 3.05) is 0 Å². The number of carbonyl (C=O) groups excluding carboxylic acids is 1. The molecule has 0 amide bonds. The van der Waals surface area contributed by atoms with Gasteiger partial charge in [-0.25, -0.2) is 0 Å². The molecule has 0 aliphatic rings. The van der Waals surface area contributed by atoms with Crippen LogP contribution in [0.4, 0.5) is 105 Å². The predicted molar refractivity (Wildman–Crippen MR) is 222 cm³/mol. The largest absolute Gasteiger partial charge is 0.416 e. The molecule has 0 N–H and O–H groups in total. The van der Waals surface area contributed by atoms with E-state index in [9.17, 15) is 110 Å². The minimum atomic E-state index is -6.13. The summed E-state index contributed by atoms with van der Waals surface area (Å²) in [7, 11) is 0. The highest BCUT2D eigenvalue weighted by molar-refractivity contribution is 7.20. The van der Waals surface area contributed by atoms with Crippen molar-refractivity contribution in [1.29, 1.82) is 0 Å². The molecule has 2 nitrogen and oxygen atoms in total. The molecule has 0 aliphatic carbocycles. The van der Waals surface area contributed by atoms with Crippen LogP contribution in [-0.2, 0) is 56.0 Å². The van der Waals surface area contributed by atoms with E-state index in [0.717, 1.165) is 5.56 Å². The van der Waals surface area contributed by atoms with Gasteiger partial charge in [0, 0.05) is 17.7 Å². The number of rotatable bonds is 8. The molecule has 5 aromatic carbocycles. The molecule has 0 saturated carbocycles. The molecule has 6 aromatic rings. The van der Waals surface area contributed by atoms with Crippen molar-refractivity contribution in [1.82, 2.24) is 0 Å². The zero-order valence-electron chi connectivity index (χ0n) is 37.4. The predicted octanol–water partition coefficient (Wildman–Crippen LogP) is 14.2. The van der Waals surface area contributed by atoms with Crippen LogP contribution in [0.5, 0.6) is 0 Å². The van der Waals surface area contributed by atoms with Gasteiger partial charge in [-0.05, 0) is 35.7 Å². The minimum absolute atomic E-state index is 0.137. The fraction of sp³-hybridized carbons (Fsp3) is 0.250. The zero-order valence-corrected chi connectivity index (χ0v) is 37.4. The molecule has 0 bridgehead atoms. The van der Waals surface area contributed by atoms with Gasteiger partial charge in [0.15, 0.2) is 12.4 Å². The van der Waals surface area contributed by atoms with Gasteiger partial charge in [0.2, 0.25) is 12.3 Å². The highest BCUT2D eigenvalue weighted by Gasteiger charge is 2.47. The lowest BCUT2D eigenvalue weighted by Gasteiger charge is -2.46. The Bertz CT molecular complexity index is 2560. The van der Waals surface area contributed by atoms with Crippen LogP contribution in [0.2, 0.25) is 0 Å². The lowest BCUT2D eigenvalue weighted by atomic mass is 9.12. The van der Waals surface area contributed by atoms with Crippen molar-refractivity contribution in [2.24, 2.45) is 0 Å². The maximum Gasteiger partial charge on any atom is 0.416 e. The Labute approximate surface area is 407 Å². The average Bonchev–Trinajstić information content (AvgIpc) is 3.27. The van der Waals surface area contributed by atoms with Crippen LogP contribution in [0, 0.1) is 0 Å². The third-order valence-corrected chi connectivity index (χ3v) is 11.4. The Kier molecular flexibility index (Phi) is 16.1. The highest BCUT2D eigenvalue weighted by Crippen LogP contribution is 2.41. The number of ketones is 1. The molecule has 0 saturated heterocycles. The fourth-order valence-corrected chi connectivity index (χ4v) is 7.91. The number of aromatic nitrogens is 1. The Morgan fingerprint density at radius 1 is 0.373 bits per heavy atom. The van der Waals surface area contributed by atoms with E-state index in [1.54, 1.807) is 0 Å². The molecule has 6 rings (SSSR count). The molecule has 1 heterocycles. The number of pyridine rings is 1. The van der Waals surface area contributed by atoms with Crippen LogP contribution < -0.4 is 26.4 Å². The summed E-state index contributed by atoms with van der Waals surface area (Å²) in [4.78, 5) is 12.0. The lowest BCUT2D eigenvalue weighted by molar-refractivity contribution is -0.683. The van der Waals surface area contributed by atoms with Gasteiger partial charge in [-0.3, -0.25) is 4.79 Å². The van der Waals surface area contributed by atoms with Crippen molar-refractivity contribution in [3.05, 3.63) is 183 Å². The van der Waals surface area contributed by atoms with Gasteiger partial charge in [-0.2, -0.15) is 132 Å². The van der Waals surface area contributed by atoms with Crippen molar-refractivity contribution in [2.45, 2.75) is 75.7 Å². The molecule has 1 aromatic heterocycles. The molecule has 75 heavy (non-hydrogen) atoms. The number of nitrogens with zero attached hydrogens (tertiary/aromatic N) is 1. The van der Waals surface area contributed by atoms with E-state index < -0.39 is 195 Å². The summed E-state index contributed by atoms with van der Waals surface area (Å²) >= 11 is 0. The van der Waals surface area contributed by atoms with Crippen LogP contribution >= 0.6 is 0 Å². The fourth-order valence-electron chi connectivity index (χ4n) is 7.91. The number of alkyl halides is 24. The van der Waals surface area contributed by atoms with Crippen LogP contribution in [0.15, 0.2) is 128 Å².